The van der Waals surface area contributed by atoms with E-state index in [4.69, 9.17) is 11.6 Å². The van der Waals surface area contributed by atoms with Crippen LogP contribution in [0.15, 0.2) is 16.7 Å². The Balaban J connectivity index is 2.14. The maximum absolute atomic E-state index is 12.5. The fraction of sp³-hybridized carbons (Fsp3) is 0.625. The van der Waals surface area contributed by atoms with E-state index in [0.29, 0.717) is 5.56 Å². The van der Waals surface area contributed by atoms with Gasteiger partial charge in [0, 0.05) is 16.7 Å². The molecule has 0 atom stereocenters. The van der Waals surface area contributed by atoms with Crippen molar-refractivity contribution in [2.75, 3.05) is 0 Å². The fourth-order valence-corrected chi connectivity index (χ4v) is 4.31. The molecule has 5 heteroatoms. The van der Waals surface area contributed by atoms with Crippen molar-refractivity contribution in [1.29, 1.82) is 0 Å². The number of carbonyl (C=O) groups is 1. The zero-order chi connectivity index (χ0) is 15.8. The molecule has 2 rings (SSSR count). The molecule has 0 aliphatic heterocycles. The van der Waals surface area contributed by atoms with Crippen LogP contribution in [-0.4, -0.2) is 16.9 Å². The molecule has 0 aromatic carbocycles. The predicted octanol–water partition coefficient (Wildman–Crippen LogP) is 4.83. The highest BCUT2D eigenvalue weighted by Crippen LogP contribution is 2.45. The van der Waals surface area contributed by atoms with Gasteiger partial charge < -0.3 is 5.32 Å². The number of carbonyl (C=O) groups excluding carboxylic acids is 1. The van der Waals surface area contributed by atoms with Gasteiger partial charge in [0.2, 0.25) is 0 Å². The first kappa shape index (κ1) is 16.8. The second kappa shape index (κ2) is 5.88. The van der Waals surface area contributed by atoms with Crippen LogP contribution in [0.4, 0.5) is 0 Å². The first-order valence-corrected chi connectivity index (χ1v) is 8.37. The first-order chi connectivity index (χ1) is 9.58. The summed E-state index contributed by atoms with van der Waals surface area (Å²) < 4.78 is 0.751. The van der Waals surface area contributed by atoms with Crippen LogP contribution in [0.3, 0.4) is 0 Å². The SMILES string of the molecule is CC1(C)CC(NC(=O)c2cc(Br)cnc2Cl)CC(C)(C)C1. The molecule has 0 saturated heterocycles. The zero-order valence-corrected chi connectivity index (χ0v) is 15.3. The lowest BCUT2D eigenvalue weighted by molar-refractivity contribution is 0.0713. The third-order valence-electron chi connectivity index (χ3n) is 3.94. The molecule has 0 unspecified atom stereocenters. The maximum atomic E-state index is 12.5. The van der Waals surface area contributed by atoms with Gasteiger partial charge in [0.05, 0.1) is 5.56 Å². The second-order valence-electron chi connectivity index (χ2n) is 7.58. The summed E-state index contributed by atoms with van der Waals surface area (Å²) in [4.78, 5) is 16.5. The van der Waals surface area contributed by atoms with Crippen molar-refractivity contribution >= 4 is 33.4 Å². The number of aromatic nitrogens is 1. The number of hydrogen-bond donors (Lipinski definition) is 1. The molecule has 21 heavy (non-hydrogen) atoms. The average molecular weight is 374 g/mol. The molecule has 0 radical (unpaired) electrons. The van der Waals surface area contributed by atoms with Crippen molar-refractivity contribution in [3.63, 3.8) is 0 Å². The largest absolute Gasteiger partial charge is 0.349 e. The van der Waals surface area contributed by atoms with E-state index < -0.39 is 0 Å². The molecule has 3 nitrogen and oxygen atoms in total. The summed E-state index contributed by atoms with van der Waals surface area (Å²) in [6, 6.07) is 1.88. The number of amides is 1. The first-order valence-electron chi connectivity index (χ1n) is 7.20. The lowest BCUT2D eigenvalue weighted by Gasteiger charge is -2.45. The van der Waals surface area contributed by atoms with E-state index in [2.05, 4.69) is 53.9 Å². The summed E-state index contributed by atoms with van der Waals surface area (Å²) in [7, 11) is 0. The number of nitrogens with one attached hydrogen (secondary N) is 1. The van der Waals surface area contributed by atoms with Crippen molar-refractivity contribution in [1.82, 2.24) is 10.3 Å². The molecular formula is C16H22BrClN2O. The van der Waals surface area contributed by atoms with Crippen LogP contribution in [-0.2, 0) is 0 Å². The smallest absolute Gasteiger partial charge is 0.254 e. The van der Waals surface area contributed by atoms with Gasteiger partial charge in [-0.25, -0.2) is 4.98 Å². The molecule has 1 aliphatic carbocycles. The number of rotatable bonds is 2. The van der Waals surface area contributed by atoms with E-state index >= 15 is 0 Å². The molecule has 0 bridgehead atoms. The van der Waals surface area contributed by atoms with Crippen molar-refractivity contribution in [2.45, 2.75) is 53.0 Å². The summed E-state index contributed by atoms with van der Waals surface area (Å²) in [5.74, 6) is -0.146. The Morgan fingerprint density at radius 1 is 1.33 bits per heavy atom. The van der Waals surface area contributed by atoms with E-state index in [-0.39, 0.29) is 27.9 Å². The van der Waals surface area contributed by atoms with Crippen molar-refractivity contribution in [3.05, 3.63) is 27.5 Å². The molecule has 1 heterocycles. The summed E-state index contributed by atoms with van der Waals surface area (Å²) in [6.07, 6.45) is 4.74. The van der Waals surface area contributed by atoms with E-state index in [1.165, 1.54) is 6.42 Å². The molecule has 1 N–H and O–H groups in total. The topological polar surface area (TPSA) is 42.0 Å². The van der Waals surface area contributed by atoms with Gasteiger partial charge in [-0.05, 0) is 52.1 Å². The molecular weight excluding hydrogens is 352 g/mol. The number of nitrogens with zero attached hydrogens (tertiary/aromatic N) is 1. The van der Waals surface area contributed by atoms with Crippen molar-refractivity contribution < 1.29 is 4.79 Å². The number of hydrogen-bond acceptors (Lipinski definition) is 2. The maximum Gasteiger partial charge on any atom is 0.254 e. The molecule has 116 valence electrons. The van der Waals surface area contributed by atoms with Gasteiger partial charge in [0.15, 0.2) is 0 Å². The summed E-state index contributed by atoms with van der Waals surface area (Å²) >= 11 is 9.35. The summed E-state index contributed by atoms with van der Waals surface area (Å²) in [5, 5.41) is 3.37. The van der Waals surface area contributed by atoms with Crippen LogP contribution in [0.2, 0.25) is 5.15 Å². The van der Waals surface area contributed by atoms with Crippen LogP contribution in [0.25, 0.3) is 0 Å². The summed E-state index contributed by atoms with van der Waals surface area (Å²) in [5.41, 5.74) is 0.894. The van der Waals surface area contributed by atoms with Gasteiger partial charge >= 0.3 is 0 Å². The Morgan fingerprint density at radius 2 is 1.90 bits per heavy atom. The highest BCUT2D eigenvalue weighted by Gasteiger charge is 2.39. The third-order valence-corrected chi connectivity index (χ3v) is 4.68. The fourth-order valence-electron chi connectivity index (χ4n) is 3.79. The van der Waals surface area contributed by atoms with Gasteiger partial charge in [0.25, 0.3) is 5.91 Å². The highest BCUT2D eigenvalue weighted by atomic mass is 79.9. The second-order valence-corrected chi connectivity index (χ2v) is 8.85. The van der Waals surface area contributed by atoms with E-state index in [1.54, 1.807) is 12.3 Å². The normalized spacial score (nSPS) is 21.0. The molecule has 1 amide bonds. The average Bonchev–Trinajstić information content (AvgIpc) is 2.27. The standard InChI is InChI=1S/C16H22BrClN2O/c1-15(2)6-11(7-16(3,4)9-15)20-14(21)12-5-10(17)8-19-13(12)18/h5,8,11H,6-7,9H2,1-4H3,(H,20,21). The molecule has 0 spiro atoms. The van der Waals surface area contributed by atoms with Gasteiger partial charge in [-0.3, -0.25) is 4.79 Å². The van der Waals surface area contributed by atoms with Gasteiger partial charge in [-0.1, -0.05) is 39.3 Å². The third kappa shape index (κ3) is 4.43. The Hall–Kier alpha value is -0.610. The van der Waals surface area contributed by atoms with Crippen LogP contribution < -0.4 is 5.32 Å². The lowest BCUT2D eigenvalue weighted by Crippen LogP contribution is -2.46. The Labute approximate surface area is 140 Å². The predicted molar refractivity (Wildman–Crippen MR) is 89.6 cm³/mol. The van der Waals surface area contributed by atoms with Crippen LogP contribution in [0.5, 0.6) is 0 Å². The summed E-state index contributed by atoms with van der Waals surface area (Å²) in [6.45, 7) is 9.06. The minimum atomic E-state index is -0.146. The minimum absolute atomic E-state index is 0.146. The highest BCUT2D eigenvalue weighted by molar-refractivity contribution is 9.10. The Kier molecular flexibility index (Phi) is 4.69. The lowest BCUT2D eigenvalue weighted by atomic mass is 9.63. The number of pyridine rings is 1. The molecule has 1 aliphatic rings. The Bertz CT molecular complexity index is 541. The van der Waals surface area contributed by atoms with E-state index in [1.807, 2.05) is 0 Å². The Morgan fingerprint density at radius 3 is 2.48 bits per heavy atom. The van der Waals surface area contributed by atoms with Gasteiger partial charge in [-0.2, -0.15) is 0 Å². The van der Waals surface area contributed by atoms with Crippen molar-refractivity contribution in [3.8, 4) is 0 Å². The van der Waals surface area contributed by atoms with Crippen molar-refractivity contribution in [2.24, 2.45) is 10.8 Å². The molecule has 1 aromatic rings. The van der Waals surface area contributed by atoms with E-state index in [9.17, 15) is 4.79 Å². The minimum Gasteiger partial charge on any atom is -0.349 e. The van der Waals surface area contributed by atoms with Gasteiger partial charge in [-0.15, -0.1) is 0 Å². The van der Waals surface area contributed by atoms with E-state index in [0.717, 1.165) is 17.3 Å². The van der Waals surface area contributed by atoms with Crippen LogP contribution in [0, 0.1) is 10.8 Å². The van der Waals surface area contributed by atoms with Crippen LogP contribution in [0.1, 0.15) is 57.3 Å². The number of halogens is 2. The monoisotopic (exact) mass is 372 g/mol. The zero-order valence-electron chi connectivity index (χ0n) is 13.0. The quantitative estimate of drug-likeness (QED) is 0.754. The van der Waals surface area contributed by atoms with Crippen LogP contribution >= 0.6 is 27.5 Å². The molecule has 1 fully saturated rings. The molecule has 1 aromatic heterocycles. The molecule has 1 saturated carbocycles. The van der Waals surface area contributed by atoms with Gasteiger partial charge in [0.1, 0.15) is 5.15 Å².